The molecule has 0 N–H and O–H groups in total. The van der Waals surface area contributed by atoms with E-state index < -0.39 is 75.7 Å². The summed E-state index contributed by atoms with van der Waals surface area (Å²) in [7, 11) is 0. The summed E-state index contributed by atoms with van der Waals surface area (Å²) < 4.78 is 178. The second-order valence-electron chi connectivity index (χ2n) is 5.23. The van der Waals surface area contributed by atoms with E-state index in [1.807, 2.05) is 0 Å². The van der Waals surface area contributed by atoms with Gasteiger partial charge in [0.1, 0.15) is 0 Å². The minimum atomic E-state index is -6.58. The Hall–Kier alpha value is -1.14. The van der Waals surface area contributed by atoms with Crippen LogP contribution in [0.5, 0.6) is 0 Å². The maximum Gasteiger partial charge on any atom is 0.462 e. The molecule has 0 aromatic carbocycles. The SMILES string of the molecule is FC(F)(F)C(F)(F)C(F)(F)OCCCOOCCCOC(F)(F)C(F)(F)C(F)(F)F. The smallest absolute Gasteiger partial charge is 0.315 e. The fourth-order valence-electron chi connectivity index (χ4n) is 1.27. The molecule has 18 heteroatoms. The predicted molar refractivity (Wildman–Crippen MR) is 64.9 cm³/mol. The van der Waals surface area contributed by atoms with Gasteiger partial charge in [-0.2, -0.15) is 61.5 Å². The largest absolute Gasteiger partial charge is 0.462 e. The molecule has 182 valence electrons. The van der Waals surface area contributed by atoms with Gasteiger partial charge in [0.25, 0.3) is 0 Å². The highest BCUT2D eigenvalue weighted by atomic mass is 19.4. The molecule has 0 aromatic heterocycles. The van der Waals surface area contributed by atoms with Gasteiger partial charge >= 0.3 is 36.4 Å². The van der Waals surface area contributed by atoms with Crippen LogP contribution in [0.4, 0.5) is 61.5 Å². The summed E-state index contributed by atoms with van der Waals surface area (Å²) >= 11 is 0. The van der Waals surface area contributed by atoms with E-state index in [0.717, 1.165) is 0 Å². The highest BCUT2D eigenvalue weighted by Crippen LogP contribution is 2.48. The van der Waals surface area contributed by atoms with Crippen LogP contribution < -0.4 is 0 Å². The molecule has 0 aromatic rings. The minimum Gasteiger partial charge on any atom is -0.315 e. The normalized spacial score (nSPS) is 15.0. The van der Waals surface area contributed by atoms with Gasteiger partial charge < -0.3 is 9.47 Å². The Labute approximate surface area is 157 Å². The second-order valence-corrected chi connectivity index (χ2v) is 5.23. The lowest BCUT2D eigenvalue weighted by Crippen LogP contribution is -2.53. The van der Waals surface area contributed by atoms with E-state index in [-0.39, 0.29) is 0 Å². The third kappa shape index (κ3) is 7.23. The molecule has 0 bridgehead atoms. The highest BCUT2D eigenvalue weighted by molar-refractivity contribution is 4.85. The van der Waals surface area contributed by atoms with Crippen molar-refractivity contribution < 1.29 is 80.7 Å². The molecule has 0 saturated carbocycles. The third-order valence-corrected chi connectivity index (χ3v) is 2.84. The van der Waals surface area contributed by atoms with Crippen LogP contribution in [0.15, 0.2) is 0 Å². The number of rotatable bonds is 13. The summed E-state index contributed by atoms with van der Waals surface area (Å²) in [6, 6.07) is 0. The Morgan fingerprint density at radius 1 is 0.400 bits per heavy atom. The van der Waals surface area contributed by atoms with E-state index >= 15 is 0 Å². The first-order valence-corrected chi connectivity index (χ1v) is 7.38. The number of halogens is 14. The van der Waals surface area contributed by atoms with E-state index in [0.29, 0.717) is 0 Å². The topological polar surface area (TPSA) is 36.9 Å². The second kappa shape index (κ2) is 9.99. The molecule has 0 fully saturated rings. The zero-order valence-electron chi connectivity index (χ0n) is 14.2. The molecule has 0 unspecified atom stereocenters. The van der Waals surface area contributed by atoms with Crippen molar-refractivity contribution in [2.75, 3.05) is 26.4 Å². The summed E-state index contributed by atoms with van der Waals surface area (Å²) in [4.78, 5) is 8.30. The molecule has 0 atom stereocenters. The van der Waals surface area contributed by atoms with Crippen molar-refractivity contribution >= 4 is 0 Å². The molecule has 0 heterocycles. The van der Waals surface area contributed by atoms with Crippen molar-refractivity contribution in [1.29, 1.82) is 0 Å². The summed E-state index contributed by atoms with van der Waals surface area (Å²) in [5, 5.41) is 0. The minimum absolute atomic E-state index is 0.712. The van der Waals surface area contributed by atoms with Crippen molar-refractivity contribution in [3.8, 4) is 0 Å². The van der Waals surface area contributed by atoms with Crippen molar-refractivity contribution in [1.82, 2.24) is 0 Å². The highest BCUT2D eigenvalue weighted by Gasteiger charge is 2.75. The van der Waals surface area contributed by atoms with Crippen LogP contribution in [0.25, 0.3) is 0 Å². The third-order valence-electron chi connectivity index (χ3n) is 2.84. The van der Waals surface area contributed by atoms with Crippen LogP contribution in [0.2, 0.25) is 0 Å². The molecule has 0 spiro atoms. The van der Waals surface area contributed by atoms with Crippen LogP contribution in [-0.4, -0.2) is 62.8 Å². The van der Waals surface area contributed by atoms with Crippen LogP contribution in [-0.2, 0) is 19.2 Å². The molecule has 30 heavy (non-hydrogen) atoms. The molecule has 0 saturated heterocycles. The number of hydrogen-bond acceptors (Lipinski definition) is 4. The average Bonchev–Trinajstić information content (AvgIpc) is 2.54. The monoisotopic (exact) mass is 486 g/mol. The lowest BCUT2D eigenvalue weighted by molar-refractivity contribution is -0.425. The number of ether oxygens (including phenoxy) is 2. The van der Waals surface area contributed by atoms with Gasteiger partial charge in [0.2, 0.25) is 0 Å². The number of alkyl halides is 14. The van der Waals surface area contributed by atoms with E-state index in [2.05, 4.69) is 19.2 Å². The molecule has 0 rings (SSSR count). The molecule has 0 aliphatic rings. The maximum absolute atomic E-state index is 12.7. The summed E-state index contributed by atoms with van der Waals surface area (Å²) in [5.41, 5.74) is 0. The standard InChI is InChI=1S/C12H12F14O4/c13-7(14,9(17,18)19)11(23,24)27-3-1-5-29-30-6-2-4-28-12(25,26)8(15,16)10(20,21)22/h1-6H2. The van der Waals surface area contributed by atoms with E-state index in [1.54, 1.807) is 0 Å². The maximum atomic E-state index is 12.7. The summed E-state index contributed by atoms with van der Waals surface area (Å²) in [6.45, 7) is -4.19. The van der Waals surface area contributed by atoms with Crippen molar-refractivity contribution in [3.63, 3.8) is 0 Å². The molecule has 0 aliphatic heterocycles. The molecule has 0 radical (unpaired) electrons. The van der Waals surface area contributed by atoms with Crippen LogP contribution in [0.3, 0.4) is 0 Å². The Morgan fingerprint density at radius 3 is 0.900 bits per heavy atom. The molecular formula is C12H12F14O4. The average molecular weight is 486 g/mol. The van der Waals surface area contributed by atoms with E-state index in [1.165, 1.54) is 0 Å². The zero-order valence-corrected chi connectivity index (χ0v) is 14.2. The summed E-state index contributed by atoms with van der Waals surface area (Å²) in [6.07, 6.45) is -26.4. The molecular weight excluding hydrogens is 474 g/mol. The van der Waals surface area contributed by atoms with Gasteiger partial charge in [-0.3, -0.25) is 0 Å². The Kier molecular flexibility index (Phi) is 9.61. The zero-order chi connectivity index (χ0) is 24.1. The van der Waals surface area contributed by atoms with Crippen LogP contribution in [0, 0.1) is 0 Å². The summed E-state index contributed by atoms with van der Waals surface area (Å²) in [5.74, 6) is -12.9. The Balaban J connectivity index is 4.03. The van der Waals surface area contributed by atoms with Crippen molar-refractivity contribution in [3.05, 3.63) is 0 Å². The van der Waals surface area contributed by atoms with Gasteiger partial charge in [-0.15, -0.1) is 0 Å². The first-order chi connectivity index (χ1) is 13.2. The molecule has 0 aliphatic carbocycles. The first-order valence-electron chi connectivity index (χ1n) is 7.38. The molecule has 0 amide bonds. The van der Waals surface area contributed by atoms with Gasteiger partial charge in [-0.25, -0.2) is 9.78 Å². The lowest BCUT2D eigenvalue weighted by Gasteiger charge is -2.27. The first kappa shape index (κ1) is 28.9. The van der Waals surface area contributed by atoms with Crippen LogP contribution >= 0.6 is 0 Å². The van der Waals surface area contributed by atoms with Gasteiger partial charge in [0.15, 0.2) is 0 Å². The fourth-order valence-corrected chi connectivity index (χ4v) is 1.27. The van der Waals surface area contributed by atoms with E-state index in [4.69, 9.17) is 0 Å². The van der Waals surface area contributed by atoms with Gasteiger partial charge in [-0.1, -0.05) is 0 Å². The number of hydrogen-bond donors (Lipinski definition) is 0. The van der Waals surface area contributed by atoms with Crippen molar-refractivity contribution in [2.24, 2.45) is 0 Å². The van der Waals surface area contributed by atoms with Crippen molar-refractivity contribution in [2.45, 2.75) is 49.3 Å². The lowest BCUT2D eigenvalue weighted by atomic mass is 10.3. The Bertz CT molecular complexity index is 470. The van der Waals surface area contributed by atoms with Gasteiger partial charge in [-0.05, 0) is 12.8 Å². The van der Waals surface area contributed by atoms with Gasteiger partial charge in [0.05, 0.1) is 26.4 Å². The fraction of sp³-hybridized carbons (Fsp3) is 1.00. The predicted octanol–water partition coefficient (Wildman–Crippen LogP) is 5.33. The van der Waals surface area contributed by atoms with E-state index in [9.17, 15) is 61.5 Å². The quantitative estimate of drug-likeness (QED) is 0.153. The Morgan fingerprint density at radius 2 is 0.667 bits per heavy atom. The van der Waals surface area contributed by atoms with Gasteiger partial charge in [0, 0.05) is 0 Å². The van der Waals surface area contributed by atoms with Crippen LogP contribution in [0.1, 0.15) is 12.8 Å². The molecule has 4 nitrogen and oxygen atoms in total.